The second-order valence-corrected chi connectivity index (χ2v) is 7.26. The van der Waals surface area contributed by atoms with Crippen LogP contribution in [0, 0.1) is 0 Å². The molecule has 0 saturated heterocycles. The third-order valence-electron chi connectivity index (χ3n) is 5.56. The predicted molar refractivity (Wildman–Crippen MR) is 104 cm³/mol. The Morgan fingerprint density at radius 1 is 1.04 bits per heavy atom. The molecule has 0 aromatic heterocycles. The quantitative estimate of drug-likeness (QED) is 0.826. The highest BCUT2D eigenvalue weighted by atomic mass is 16.2. The Kier molecular flexibility index (Phi) is 4.49. The maximum absolute atomic E-state index is 13.2. The summed E-state index contributed by atoms with van der Waals surface area (Å²) in [5.41, 5.74) is 4.25. The van der Waals surface area contributed by atoms with E-state index in [-0.39, 0.29) is 18.4 Å². The molecule has 2 aliphatic rings. The lowest BCUT2D eigenvalue weighted by Gasteiger charge is -2.31. The number of aryl methyl sites for hydroxylation is 1. The summed E-state index contributed by atoms with van der Waals surface area (Å²) in [6.07, 6.45) is 3.28. The Morgan fingerprint density at radius 3 is 2.62 bits per heavy atom. The van der Waals surface area contributed by atoms with E-state index >= 15 is 0 Å². The Labute approximate surface area is 154 Å². The van der Waals surface area contributed by atoms with Crippen molar-refractivity contribution in [3.8, 4) is 0 Å². The summed E-state index contributed by atoms with van der Waals surface area (Å²) >= 11 is 0. The zero-order chi connectivity index (χ0) is 18.1. The van der Waals surface area contributed by atoms with E-state index < -0.39 is 0 Å². The van der Waals surface area contributed by atoms with Gasteiger partial charge in [-0.3, -0.25) is 9.59 Å². The van der Waals surface area contributed by atoms with Crippen LogP contribution >= 0.6 is 0 Å². The molecule has 0 N–H and O–H groups in total. The Hall–Kier alpha value is -2.62. The van der Waals surface area contributed by atoms with Gasteiger partial charge in [0.1, 0.15) is 6.54 Å². The van der Waals surface area contributed by atoms with Gasteiger partial charge in [-0.05, 0) is 48.4 Å². The van der Waals surface area contributed by atoms with Crippen molar-refractivity contribution < 1.29 is 9.59 Å². The molecule has 0 fully saturated rings. The van der Waals surface area contributed by atoms with Crippen LogP contribution < -0.4 is 9.80 Å². The van der Waals surface area contributed by atoms with Crippen molar-refractivity contribution in [1.82, 2.24) is 0 Å². The molecule has 0 spiro atoms. The molecule has 4 rings (SSSR count). The third kappa shape index (κ3) is 3.00. The molecule has 2 amide bonds. The minimum atomic E-state index is -0.00315. The van der Waals surface area contributed by atoms with Crippen LogP contribution in [0.2, 0.25) is 0 Å². The van der Waals surface area contributed by atoms with Gasteiger partial charge < -0.3 is 9.80 Å². The summed E-state index contributed by atoms with van der Waals surface area (Å²) in [6, 6.07) is 16.1. The van der Waals surface area contributed by atoms with Crippen LogP contribution in [0.15, 0.2) is 48.5 Å². The second-order valence-electron chi connectivity index (χ2n) is 7.26. The lowest BCUT2D eigenvalue weighted by atomic mass is 9.96. The van der Waals surface area contributed by atoms with Crippen molar-refractivity contribution in [2.75, 3.05) is 22.9 Å². The van der Waals surface area contributed by atoms with E-state index in [1.54, 1.807) is 4.90 Å². The topological polar surface area (TPSA) is 40.6 Å². The number of hydrogen-bond donors (Lipinski definition) is 0. The molecule has 26 heavy (non-hydrogen) atoms. The zero-order valence-electron chi connectivity index (χ0n) is 15.1. The molecule has 2 heterocycles. The van der Waals surface area contributed by atoms with Crippen LogP contribution in [-0.2, 0) is 16.0 Å². The lowest BCUT2D eigenvalue weighted by molar-refractivity contribution is -0.122. The normalized spacial score (nSPS) is 19.6. The first-order valence-electron chi connectivity index (χ1n) is 9.42. The van der Waals surface area contributed by atoms with Gasteiger partial charge in [0.25, 0.3) is 0 Å². The maximum atomic E-state index is 13.2. The molecule has 2 aromatic carbocycles. The molecule has 4 heteroatoms. The number of carbonyl (C=O) groups excluding carboxylic acids is 2. The fraction of sp³-hybridized carbons (Fsp3) is 0.364. The van der Waals surface area contributed by atoms with Crippen LogP contribution in [0.25, 0.3) is 0 Å². The number of anilines is 2. The van der Waals surface area contributed by atoms with Gasteiger partial charge in [-0.15, -0.1) is 0 Å². The monoisotopic (exact) mass is 348 g/mol. The highest BCUT2D eigenvalue weighted by Gasteiger charge is 2.30. The summed E-state index contributed by atoms with van der Waals surface area (Å²) < 4.78 is 0. The molecule has 0 radical (unpaired) electrons. The second kappa shape index (κ2) is 6.94. The summed E-state index contributed by atoms with van der Waals surface area (Å²) in [6.45, 7) is 3.04. The Bertz CT molecular complexity index is 846. The molecule has 0 bridgehead atoms. The van der Waals surface area contributed by atoms with Gasteiger partial charge in [0.05, 0.1) is 0 Å². The molecule has 2 aliphatic heterocycles. The molecule has 134 valence electrons. The first-order valence-corrected chi connectivity index (χ1v) is 9.42. The van der Waals surface area contributed by atoms with E-state index in [9.17, 15) is 9.59 Å². The van der Waals surface area contributed by atoms with Crippen LogP contribution in [0.5, 0.6) is 0 Å². The van der Waals surface area contributed by atoms with Gasteiger partial charge in [-0.1, -0.05) is 43.3 Å². The van der Waals surface area contributed by atoms with Crippen LogP contribution in [-0.4, -0.2) is 24.9 Å². The van der Waals surface area contributed by atoms with Crippen LogP contribution in [0.1, 0.15) is 43.2 Å². The number of carbonyl (C=O) groups is 2. The van der Waals surface area contributed by atoms with Crippen LogP contribution in [0.3, 0.4) is 0 Å². The number of nitrogens with zero attached hydrogens (tertiary/aromatic N) is 2. The molecule has 2 aromatic rings. The first-order chi connectivity index (χ1) is 12.6. The Balaban J connectivity index is 1.63. The maximum Gasteiger partial charge on any atom is 0.247 e. The summed E-state index contributed by atoms with van der Waals surface area (Å²) in [7, 11) is 0. The number of fused-ring (bicyclic) bond motifs is 2. The van der Waals surface area contributed by atoms with Gasteiger partial charge in [0, 0.05) is 24.3 Å². The fourth-order valence-electron chi connectivity index (χ4n) is 4.13. The van der Waals surface area contributed by atoms with Crippen molar-refractivity contribution in [1.29, 1.82) is 0 Å². The molecule has 1 atom stereocenters. The van der Waals surface area contributed by atoms with Gasteiger partial charge in [-0.2, -0.15) is 0 Å². The van der Waals surface area contributed by atoms with Gasteiger partial charge >= 0.3 is 0 Å². The zero-order valence-corrected chi connectivity index (χ0v) is 15.1. The molecular weight excluding hydrogens is 324 g/mol. The van der Waals surface area contributed by atoms with Crippen molar-refractivity contribution in [2.24, 2.45) is 0 Å². The SMILES string of the molecule is C[C@H]1CCCN(C(=O)CN2C(=O)CCc3ccccc32)c2ccccc21. The molecule has 0 aliphatic carbocycles. The Morgan fingerprint density at radius 2 is 1.77 bits per heavy atom. The number of benzene rings is 2. The van der Waals surface area contributed by atoms with Gasteiger partial charge in [-0.25, -0.2) is 0 Å². The molecule has 0 unspecified atom stereocenters. The number of amides is 2. The van der Waals surface area contributed by atoms with E-state index in [2.05, 4.69) is 13.0 Å². The fourth-order valence-corrected chi connectivity index (χ4v) is 4.13. The lowest BCUT2D eigenvalue weighted by Crippen LogP contribution is -2.45. The van der Waals surface area contributed by atoms with E-state index in [0.29, 0.717) is 18.9 Å². The third-order valence-corrected chi connectivity index (χ3v) is 5.56. The summed E-state index contributed by atoms with van der Waals surface area (Å²) in [5.74, 6) is 0.478. The average Bonchev–Trinajstić information content (AvgIpc) is 2.83. The van der Waals surface area contributed by atoms with E-state index in [1.165, 1.54) is 5.56 Å². The van der Waals surface area contributed by atoms with Crippen molar-refractivity contribution in [2.45, 2.75) is 38.5 Å². The molecular formula is C22H24N2O2. The number of hydrogen-bond acceptors (Lipinski definition) is 2. The average molecular weight is 348 g/mol. The highest BCUT2D eigenvalue weighted by Crippen LogP contribution is 2.34. The smallest absolute Gasteiger partial charge is 0.247 e. The van der Waals surface area contributed by atoms with E-state index in [4.69, 9.17) is 0 Å². The minimum Gasteiger partial charge on any atom is -0.311 e. The largest absolute Gasteiger partial charge is 0.311 e. The summed E-state index contributed by atoms with van der Waals surface area (Å²) in [5, 5.41) is 0. The van der Waals surface area contributed by atoms with Gasteiger partial charge in [0.15, 0.2) is 0 Å². The minimum absolute atomic E-state index is 0.00315. The van der Waals surface area contributed by atoms with Gasteiger partial charge in [0.2, 0.25) is 11.8 Å². The van der Waals surface area contributed by atoms with E-state index in [1.807, 2.05) is 47.4 Å². The molecule has 4 nitrogen and oxygen atoms in total. The van der Waals surface area contributed by atoms with Crippen molar-refractivity contribution in [3.05, 3.63) is 59.7 Å². The number of rotatable bonds is 2. The summed E-state index contributed by atoms with van der Waals surface area (Å²) in [4.78, 5) is 29.2. The number of para-hydroxylation sites is 2. The standard InChI is InChI=1S/C22H24N2O2/c1-16-7-6-14-23(20-11-5-3-9-18(16)20)22(26)15-24-19-10-4-2-8-17(19)12-13-21(24)25/h2-5,8-11,16H,6-7,12-15H2,1H3/t16-/m0/s1. The predicted octanol–water partition coefficient (Wildman–Crippen LogP) is 3.90. The van der Waals surface area contributed by atoms with Crippen molar-refractivity contribution >= 4 is 23.2 Å². The molecule has 0 saturated carbocycles. The van der Waals surface area contributed by atoms with E-state index in [0.717, 1.165) is 36.2 Å². The van der Waals surface area contributed by atoms with Crippen molar-refractivity contribution in [3.63, 3.8) is 0 Å². The highest BCUT2D eigenvalue weighted by molar-refractivity contribution is 6.05. The first kappa shape index (κ1) is 16.8. The van der Waals surface area contributed by atoms with Crippen LogP contribution in [0.4, 0.5) is 11.4 Å².